The predicted octanol–water partition coefficient (Wildman–Crippen LogP) is 4.24. The number of carbonyl (C=O) groups excluding carboxylic acids is 1. The minimum absolute atomic E-state index is 0.0545. The second-order valence-corrected chi connectivity index (χ2v) is 7.05. The normalized spacial score (nSPS) is 11.5. The number of hydrogen-bond acceptors (Lipinski definition) is 4. The molecule has 0 saturated carbocycles. The van der Waals surface area contributed by atoms with Gasteiger partial charge in [0.15, 0.2) is 11.5 Å². The molecule has 0 saturated heterocycles. The van der Waals surface area contributed by atoms with Gasteiger partial charge in [0.05, 0.1) is 13.7 Å². The van der Waals surface area contributed by atoms with Crippen molar-refractivity contribution in [1.82, 2.24) is 10.6 Å². The Morgan fingerprint density at radius 2 is 1.60 bits per heavy atom. The summed E-state index contributed by atoms with van der Waals surface area (Å²) in [5.74, 6) is 1.27. The van der Waals surface area contributed by atoms with Crippen LogP contribution in [0, 0.1) is 0 Å². The van der Waals surface area contributed by atoms with E-state index in [9.17, 15) is 4.79 Å². The van der Waals surface area contributed by atoms with Gasteiger partial charge in [0.25, 0.3) is 0 Å². The second-order valence-electron chi connectivity index (χ2n) is 7.05. The Morgan fingerprint density at radius 1 is 0.900 bits per heavy atom. The molecule has 156 valence electrons. The third kappa shape index (κ3) is 6.36. The first-order valence-electron chi connectivity index (χ1n) is 10.0. The third-order valence-electron chi connectivity index (χ3n) is 4.82. The van der Waals surface area contributed by atoms with Gasteiger partial charge in [-0.1, -0.05) is 66.7 Å². The first-order valence-corrected chi connectivity index (χ1v) is 10.0. The molecule has 0 aliphatic heterocycles. The van der Waals surface area contributed by atoms with Crippen molar-refractivity contribution in [1.29, 1.82) is 0 Å². The summed E-state index contributed by atoms with van der Waals surface area (Å²) in [5, 5.41) is 6.18. The van der Waals surface area contributed by atoms with Gasteiger partial charge in [-0.3, -0.25) is 4.79 Å². The first-order chi connectivity index (χ1) is 14.7. The number of benzene rings is 3. The summed E-state index contributed by atoms with van der Waals surface area (Å²) in [5.41, 5.74) is 3.19. The minimum Gasteiger partial charge on any atom is -0.493 e. The van der Waals surface area contributed by atoms with Gasteiger partial charge in [-0.2, -0.15) is 0 Å². The molecule has 0 aromatic heterocycles. The smallest absolute Gasteiger partial charge is 0.234 e. The fourth-order valence-corrected chi connectivity index (χ4v) is 3.05. The molecule has 0 fully saturated rings. The van der Waals surface area contributed by atoms with Crippen LogP contribution in [-0.2, 0) is 17.9 Å². The molecule has 0 aliphatic rings. The van der Waals surface area contributed by atoms with Crippen LogP contribution in [0.2, 0.25) is 0 Å². The molecule has 1 amide bonds. The van der Waals surface area contributed by atoms with E-state index < -0.39 is 0 Å². The van der Waals surface area contributed by atoms with Crippen LogP contribution in [0.1, 0.15) is 29.7 Å². The van der Waals surface area contributed by atoms with Gasteiger partial charge >= 0.3 is 0 Å². The molecule has 0 heterocycles. The second kappa shape index (κ2) is 11.0. The molecule has 30 heavy (non-hydrogen) atoms. The molecule has 1 atom stereocenters. The Balaban J connectivity index is 1.48. The quantitative estimate of drug-likeness (QED) is 0.531. The summed E-state index contributed by atoms with van der Waals surface area (Å²) >= 11 is 0. The van der Waals surface area contributed by atoms with Crippen molar-refractivity contribution in [2.75, 3.05) is 13.7 Å². The molecule has 3 aromatic rings. The lowest BCUT2D eigenvalue weighted by Gasteiger charge is -2.15. The highest BCUT2D eigenvalue weighted by Gasteiger charge is 2.09. The number of methoxy groups -OCH3 is 1. The van der Waals surface area contributed by atoms with Crippen molar-refractivity contribution in [2.45, 2.75) is 26.1 Å². The maximum atomic E-state index is 12.2. The largest absolute Gasteiger partial charge is 0.493 e. The van der Waals surface area contributed by atoms with Gasteiger partial charge in [-0.25, -0.2) is 0 Å². The van der Waals surface area contributed by atoms with Gasteiger partial charge in [0.2, 0.25) is 5.91 Å². The predicted molar refractivity (Wildman–Crippen MR) is 118 cm³/mol. The minimum atomic E-state index is -0.0545. The monoisotopic (exact) mass is 404 g/mol. The highest BCUT2D eigenvalue weighted by molar-refractivity contribution is 5.78. The lowest BCUT2D eigenvalue weighted by atomic mass is 10.1. The van der Waals surface area contributed by atoms with Crippen molar-refractivity contribution in [2.24, 2.45) is 0 Å². The summed E-state index contributed by atoms with van der Waals surface area (Å²) in [6.45, 7) is 3.20. The molecular weight excluding hydrogens is 376 g/mol. The first kappa shape index (κ1) is 21.4. The van der Waals surface area contributed by atoms with Crippen LogP contribution in [0.4, 0.5) is 0 Å². The molecule has 0 radical (unpaired) electrons. The van der Waals surface area contributed by atoms with Crippen LogP contribution in [-0.4, -0.2) is 19.6 Å². The van der Waals surface area contributed by atoms with Crippen molar-refractivity contribution in [3.05, 3.63) is 95.6 Å². The van der Waals surface area contributed by atoms with Crippen LogP contribution >= 0.6 is 0 Å². The van der Waals surface area contributed by atoms with Gasteiger partial charge in [0.1, 0.15) is 6.61 Å². The SMILES string of the molecule is COc1cc(CNC(=O)CN[C@H](C)c2ccccc2)ccc1OCc1ccccc1. The summed E-state index contributed by atoms with van der Waals surface area (Å²) in [4.78, 5) is 12.2. The van der Waals surface area contributed by atoms with Crippen molar-refractivity contribution >= 4 is 5.91 Å². The zero-order valence-electron chi connectivity index (χ0n) is 17.4. The third-order valence-corrected chi connectivity index (χ3v) is 4.82. The molecular formula is C25H28N2O3. The van der Waals surface area contributed by atoms with Gasteiger partial charge in [-0.15, -0.1) is 0 Å². The molecule has 0 unspecified atom stereocenters. The Kier molecular flexibility index (Phi) is 7.86. The highest BCUT2D eigenvalue weighted by atomic mass is 16.5. The summed E-state index contributed by atoms with van der Waals surface area (Å²) in [6.07, 6.45) is 0. The standard InChI is InChI=1S/C25H28N2O3/c1-19(22-11-7-4-8-12-22)26-17-25(28)27-16-21-13-14-23(24(15-21)29-2)30-18-20-9-5-3-6-10-20/h3-15,19,26H,16-18H2,1-2H3,(H,27,28)/t19-/m1/s1. The van der Waals surface area contributed by atoms with Gasteiger partial charge < -0.3 is 20.1 Å². The summed E-state index contributed by atoms with van der Waals surface area (Å²) in [7, 11) is 1.61. The molecule has 5 nitrogen and oxygen atoms in total. The van der Waals surface area contributed by atoms with Crippen LogP contribution in [0.15, 0.2) is 78.9 Å². The maximum Gasteiger partial charge on any atom is 0.234 e. The Labute approximate surface area is 178 Å². The fraction of sp³-hybridized carbons (Fsp3) is 0.240. The molecule has 2 N–H and O–H groups in total. The average molecular weight is 405 g/mol. The number of nitrogens with one attached hydrogen (secondary N) is 2. The Bertz CT molecular complexity index is 930. The van der Waals surface area contributed by atoms with E-state index in [4.69, 9.17) is 9.47 Å². The van der Waals surface area contributed by atoms with E-state index >= 15 is 0 Å². The number of amides is 1. The molecule has 0 aliphatic carbocycles. The Hall–Kier alpha value is -3.31. The zero-order chi connectivity index (χ0) is 21.2. The van der Waals surface area contributed by atoms with Crippen LogP contribution in [0.5, 0.6) is 11.5 Å². The molecule has 5 heteroatoms. The van der Waals surface area contributed by atoms with Crippen LogP contribution in [0.25, 0.3) is 0 Å². The van der Waals surface area contributed by atoms with Crippen LogP contribution in [0.3, 0.4) is 0 Å². The van der Waals surface area contributed by atoms with E-state index in [2.05, 4.69) is 10.6 Å². The lowest BCUT2D eigenvalue weighted by molar-refractivity contribution is -0.120. The fourth-order valence-electron chi connectivity index (χ4n) is 3.05. The van der Waals surface area contributed by atoms with E-state index in [0.29, 0.717) is 24.7 Å². The Morgan fingerprint density at radius 3 is 2.30 bits per heavy atom. The average Bonchev–Trinajstić information content (AvgIpc) is 2.81. The topological polar surface area (TPSA) is 59.6 Å². The van der Waals surface area contributed by atoms with Gasteiger partial charge in [-0.05, 0) is 35.7 Å². The van der Waals surface area contributed by atoms with E-state index in [1.54, 1.807) is 7.11 Å². The number of hydrogen-bond donors (Lipinski definition) is 2. The van der Waals surface area contributed by atoms with Crippen molar-refractivity contribution in [3.8, 4) is 11.5 Å². The zero-order valence-corrected chi connectivity index (χ0v) is 17.4. The number of carbonyl (C=O) groups is 1. The van der Waals surface area contributed by atoms with E-state index in [-0.39, 0.29) is 18.5 Å². The van der Waals surface area contributed by atoms with E-state index in [0.717, 1.165) is 16.7 Å². The molecule has 3 rings (SSSR count). The van der Waals surface area contributed by atoms with E-state index in [1.165, 1.54) is 0 Å². The summed E-state index contributed by atoms with van der Waals surface area (Å²) < 4.78 is 11.3. The molecule has 0 bridgehead atoms. The molecule has 0 spiro atoms. The number of ether oxygens (including phenoxy) is 2. The maximum absolute atomic E-state index is 12.2. The van der Waals surface area contributed by atoms with E-state index in [1.807, 2.05) is 85.8 Å². The van der Waals surface area contributed by atoms with Crippen molar-refractivity contribution < 1.29 is 14.3 Å². The lowest BCUT2D eigenvalue weighted by Crippen LogP contribution is -2.34. The van der Waals surface area contributed by atoms with Crippen LogP contribution < -0.4 is 20.1 Å². The highest BCUT2D eigenvalue weighted by Crippen LogP contribution is 2.28. The van der Waals surface area contributed by atoms with Crippen molar-refractivity contribution in [3.63, 3.8) is 0 Å². The molecule has 3 aromatic carbocycles. The summed E-state index contributed by atoms with van der Waals surface area (Å²) in [6, 6.07) is 25.8. The van der Waals surface area contributed by atoms with Gasteiger partial charge in [0, 0.05) is 12.6 Å². The number of rotatable bonds is 10.